The van der Waals surface area contributed by atoms with Gasteiger partial charge in [0.25, 0.3) is 0 Å². The summed E-state index contributed by atoms with van der Waals surface area (Å²) in [5.74, 6) is 0.251. The Kier molecular flexibility index (Phi) is 3.09. The predicted molar refractivity (Wildman–Crippen MR) is 73.1 cm³/mol. The highest BCUT2D eigenvalue weighted by Crippen LogP contribution is 2.43. The summed E-state index contributed by atoms with van der Waals surface area (Å²) in [6.07, 6.45) is 0.391. The van der Waals surface area contributed by atoms with E-state index < -0.39 is 17.1 Å². The van der Waals surface area contributed by atoms with E-state index in [2.05, 4.69) is 0 Å². The first kappa shape index (κ1) is 13.9. The molecule has 4 nitrogen and oxygen atoms in total. The molecule has 1 aliphatic rings. The normalized spacial score (nSPS) is 24.3. The van der Waals surface area contributed by atoms with E-state index in [-0.39, 0.29) is 0 Å². The van der Waals surface area contributed by atoms with Crippen LogP contribution in [0.15, 0.2) is 12.1 Å². The topological polar surface area (TPSA) is 61.5 Å². The second-order valence-electron chi connectivity index (χ2n) is 5.93. The van der Waals surface area contributed by atoms with E-state index in [1.807, 2.05) is 39.8 Å². The molecular weight excluding hydrogens is 242 g/mol. The molecule has 4 heteroatoms. The highest BCUT2D eigenvalue weighted by Gasteiger charge is 2.48. The van der Waals surface area contributed by atoms with Crippen molar-refractivity contribution < 1.29 is 14.3 Å². The van der Waals surface area contributed by atoms with Crippen LogP contribution in [0, 0.1) is 13.8 Å². The summed E-state index contributed by atoms with van der Waals surface area (Å²) in [6, 6.07) is 3.87. The van der Waals surface area contributed by atoms with Gasteiger partial charge in [-0.25, -0.2) is 4.79 Å². The Morgan fingerprint density at radius 3 is 2.47 bits per heavy atom. The van der Waals surface area contributed by atoms with Crippen molar-refractivity contribution in [3.8, 4) is 5.75 Å². The van der Waals surface area contributed by atoms with Gasteiger partial charge in [0.15, 0.2) is 0 Å². The van der Waals surface area contributed by atoms with Crippen LogP contribution in [-0.2, 0) is 15.1 Å². The molecule has 1 aromatic carbocycles. The summed E-state index contributed by atoms with van der Waals surface area (Å²) in [4.78, 5) is 12.1. The molecule has 2 rings (SSSR count). The van der Waals surface area contributed by atoms with Gasteiger partial charge in [0.2, 0.25) is 0 Å². The fourth-order valence-electron chi connectivity index (χ4n) is 2.69. The first-order chi connectivity index (χ1) is 8.69. The van der Waals surface area contributed by atoms with Gasteiger partial charge in [-0.3, -0.25) is 0 Å². The highest BCUT2D eigenvalue weighted by molar-refractivity contribution is 5.84. The first-order valence-corrected chi connectivity index (χ1v) is 6.38. The zero-order valence-electron chi connectivity index (χ0n) is 12.2. The second-order valence-corrected chi connectivity index (χ2v) is 5.93. The lowest BCUT2D eigenvalue weighted by molar-refractivity contribution is -0.151. The number of aryl methyl sites for hydroxylation is 2. The van der Waals surface area contributed by atoms with Crippen LogP contribution < -0.4 is 10.5 Å². The third-order valence-corrected chi connectivity index (χ3v) is 3.72. The number of ether oxygens (including phenoxy) is 2. The van der Waals surface area contributed by atoms with Crippen LogP contribution in [0.2, 0.25) is 0 Å². The third-order valence-electron chi connectivity index (χ3n) is 3.72. The summed E-state index contributed by atoms with van der Waals surface area (Å²) in [6.45, 7) is 7.86. The fourth-order valence-corrected chi connectivity index (χ4v) is 2.69. The van der Waals surface area contributed by atoms with Crippen LogP contribution in [0.4, 0.5) is 0 Å². The molecule has 1 aliphatic heterocycles. The van der Waals surface area contributed by atoms with Crippen molar-refractivity contribution in [1.29, 1.82) is 0 Å². The molecule has 0 aliphatic carbocycles. The standard InChI is InChI=1S/C15H21NO3/c1-9-6-11-12(7-10(9)2)19-14(3,4)8-15(11,16)13(17)18-5/h6-7H,8,16H2,1-5H3. The molecule has 0 amide bonds. The number of hydrogen-bond acceptors (Lipinski definition) is 4. The van der Waals surface area contributed by atoms with Crippen LogP contribution in [0.3, 0.4) is 0 Å². The van der Waals surface area contributed by atoms with Gasteiger partial charge in [0.05, 0.1) is 7.11 Å². The molecule has 0 aromatic heterocycles. The van der Waals surface area contributed by atoms with Gasteiger partial charge in [-0.05, 0) is 51.0 Å². The number of carbonyl (C=O) groups excluding carboxylic acids is 1. The van der Waals surface area contributed by atoms with Crippen molar-refractivity contribution in [3.05, 3.63) is 28.8 Å². The number of nitrogens with two attached hydrogens (primary N) is 1. The summed E-state index contributed by atoms with van der Waals surface area (Å²) >= 11 is 0. The van der Waals surface area contributed by atoms with Crippen LogP contribution in [0.5, 0.6) is 5.75 Å². The van der Waals surface area contributed by atoms with Crippen molar-refractivity contribution in [2.75, 3.05) is 7.11 Å². The molecule has 19 heavy (non-hydrogen) atoms. The quantitative estimate of drug-likeness (QED) is 0.789. The van der Waals surface area contributed by atoms with E-state index in [9.17, 15) is 4.79 Å². The van der Waals surface area contributed by atoms with Gasteiger partial charge in [-0.2, -0.15) is 0 Å². The van der Waals surface area contributed by atoms with E-state index in [0.29, 0.717) is 17.7 Å². The Morgan fingerprint density at radius 1 is 1.32 bits per heavy atom. The molecule has 2 N–H and O–H groups in total. The molecule has 0 saturated heterocycles. The minimum absolute atomic E-state index is 0.391. The molecule has 0 saturated carbocycles. The monoisotopic (exact) mass is 263 g/mol. The van der Waals surface area contributed by atoms with E-state index in [1.54, 1.807) is 0 Å². The van der Waals surface area contributed by atoms with E-state index in [4.69, 9.17) is 15.2 Å². The number of hydrogen-bond donors (Lipinski definition) is 1. The summed E-state index contributed by atoms with van der Waals surface area (Å²) in [5, 5.41) is 0. The maximum Gasteiger partial charge on any atom is 0.330 e. The number of carbonyl (C=O) groups is 1. The predicted octanol–water partition coefficient (Wildman–Crippen LogP) is 2.19. The summed E-state index contributed by atoms with van der Waals surface area (Å²) in [7, 11) is 1.36. The average molecular weight is 263 g/mol. The van der Waals surface area contributed by atoms with Crippen LogP contribution in [-0.4, -0.2) is 18.7 Å². The fraction of sp³-hybridized carbons (Fsp3) is 0.533. The molecule has 0 bridgehead atoms. The van der Waals surface area contributed by atoms with Gasteiger partial charge < -0.3 is 15.2 Å². The van der Waals surface area contributed by atoms with Gasteiger partial charge in [0.1, 0.15) is 16.9 Å². The highest BCUT2D eigenvalue weighted by atomic mass is 16.5. The Hall–Kier alpha value is -1.55. The molecule has 1 atom stereocenters. The number of esters is 1. The van der Waals surface area contributed by atoms with Crippen molar-refractivity contribution in [3.63, 3.8) is 0 Å². The summed E-state index contributed by atoms with van der Waals surface area (Å²) < 4.78 is 10.9. The average Bonchev–Trinajstić information content (AvgIpc) is 2.29. The largest absolute Gasteiger partial charge is 0.487 e. The molecule has 0 spiro atoms. The van der Waals surface area contributed by atoms with Crippen molar-refractivity contribution in [2.24, 2.45) is 5.73 Å². The Bertz CT molecular complexity index is 536. The Morgan fingerprint density at radius 2 is 1.89 bits per heavy atom. The van der Waals surface area contributed by atoms with Gasteiger partial charge in [-0.15, -0.1) is 0 Å². The van der Waals surface area contributed by atoms with E-state index >= 15 is 0 Å². The number of rotatable bonds is 1. The second kappa shape index (κ2) is 4.23. The van der Waals surface area contributed by atoms with E-state index in [1.165, 1.54) is 7.11 Å². The van der Waals surface area contributed by atoms with E-state index in [0.717, 1.165) is 11.1 Å². The molecule has 0 radical (unpaired) electrons. The SMILES string of the molecule is COC(=O)C1(N)CC(C)(C)Oc2cc(C)c(C)cc21. The minimum Gasteiger partial charge on any atom is -0.487 e. The maximum absolute atomic E-state index is 12.1. The third kappa shape index (κ3) is 2.21. The molecule has 1 unspecified atom stereocenters. The number of fused-ring (bicyclic) bond motifs is 1. The zero-order valence-corrected chi connectivity index (χ0v) is 12.2. The molecule has 1 heterocycles. The van der Waals surface area contributed by atoms with Crippen molar-refractivity contribution in [1.82, 2.24) is 0 Å². The molecule has 104 valence electrons. The van der Waals surface area contributed by atoms with Gasteiger partial charge in [-0.1, -0.05) is 0 Å². The first-order valence-electron chi connectivity index (χ1n) is 6.38. The number of benzene rings is 1. The maximum atomic E-state index is 12.1. The lowest BCUT2D eigenvalue weighted by atomic mass is 9.77. The Balaban J connectivity index is 2.66. The smallest absolute Gasteiger partial charge is 0.330 e. The van der Waals surface area contributed by atoms with Crippen LogP contribution >= 0.6 is 0 Å². The Labute approximate surface area is 113 Å². The number of methoxy groups -OCH3 is 1. The lowest BCUT2D eigenvalue weighted by Crippen LogP contribution is -2.55. The van der Waals surface area contributed by atoms with Crippen LogP contribution in [0.1, 0.15) is 37.0 Å². The molecule has 0 fully saturated rings. The van der Waals surface area contributed by atoms with Crippen molar-refractivity contribution >= 4 is 5.97 Å². The van der Waals surface area contributed by atoms with Gasteiger partial charge >= 0.3 is 5.97 Å². The minimum atomic E-state index is -1.15. The van der Waals surface area contributed by atoms with Crippen molar-refractivity contribution in [2.45, 2.75) is 45.3 Å². The molecule has 1 aromatic rings. The lowest BCUT2D eigenvalue weighted by Gasteiger charge is -2.42. The zero-order chi connectivity index (χ0) is 14.4. The van der Waals surface area contributed by atoms with Gasteiger partial charge in [0, 0.05) is 12.0 Å². The molecular formula is C15H21NO3. The van der Waals surface area contributed by atoms with Crippen LogP contribution in [0.25, 0.3) is 0 Å². The summed E-state index contributed by atoms with van der Waals surface area (Å²) in [5.41, 5.74) is 7.62.